The maximum atomic E-state index is 12.6. The lowest BCUT2D eigenvalue weighted by Crippen LogP contribution is -2.33. The molecule has 0 bridgehead atoms. The van der Waals surface area contributed by atoms with E-state index in [0.717, 1.165) is 29.4 Å². The maximum Gasteiger partial charge on any atom is 0.264 e. The van der Waals surface area contributed by atoms with Crippen LogP contribution in [0.1, 0.15) is 33.1 Å². The first-order chi connectivity index (χ1) is 12.2. The highest BCUT2D eigenvalue weighted by Crippen LogP contribution is 2.28. The van der Waals surface area contributed by atoms with E-state index in [4.69, 9.17) is 4.42 Å². The molecule has 0 fully saturated rings. The fraction of sp³-hybridized carbons (Fsp3) is 0.421. The van der Waals surface area contributed by atoms with Crippen LogP contribution in [0.15, 0.2) is 34.7 Å². The van der Waals surface area contributed by atoms with Gasteiger partial charge < -0.3 is 13.9 Å². The molecule has 0 saturated heterocycles. The summed E-state index contributed by atoms with van der Waals surface area (Å²) in [5.74, 6) is 1.18. The second-order valence-corrected chi connectivity index (χ2v) is 5.99. The second-order valence-electron chi connectivity index (χ2n) is 5.99. The number of aryl methyl sites for hydroxylation is 1. The van der Waals surface area contributed by atoms with Crippen LogP contribution in [0.5, 0.6) is 0 Å². The average Bonchev–Trinajstić information content (AvgIpc) is 3.21. The molecule has 2 aromatic heterocycles. The smallest absolute Gasteiger partial charge is 0.264 e. The molecule has 0 aliphatic rings. The van der Waals surface area contributed by atoms with Gasteiger partial charge in [-0.05, 0) is 32.4 Å². The van der Waals surface area contributed by atoms with Gasteiger partial charge in [0.1, 0.15) is 12.2 Å². The number of rotatable bonds is 7. The number of carbonyl (C=O) groups excluding carboxylic acids is 1. The van der Waals surface area contributed by atoms with Gasteiger partial charge in [0.15, 0.2) is 0 Å². The standard InChI is InChI=1S/C19H24N4O2/c1-4-9-17-20-21-19(25-17)16-12-14-10-7-8-11-15(14)23(16)13-18(24)22(5-2)6-3/h7-8,10-12H,4-6,9,13H2,1-3H3. The molecule has 0 N–H and O–H groups in total. The Balaban J connectivity index is 2.03. The predicted octanol–water partition coefficient (Wildman–Crippen LogP) is 3.51. The molecule has 1 aromatic carbocycles. The van der Waals surface area contributed by atoms with Gasteiger partial charge in [0.2, 0.25) is 11.8 Å². The van der Waals surface area contributed by atoms with Gasteiger partial charge in [0.25, 0.3) is 5.89 Å². The monoisotopic (exact) mass is 340 g/mol. The summed E-state index contributed by atoms with van der Waals surface area (Å²) in [5, 5.41) is 9.36. The summed E-state index contributed by atoms with van der Waals surface area (Å²) in [5.41, 5.74) is 1.78. The maximum absolute atomic E-state index is 12.6. The largest absolute Gasteiger partial charge is 0.419 e. The van der Waals surface area contributed by atoms with E-state index in [1.807, 2.05) is 53.6 Å². The molecule has 3 rings (SSSR count). The van der Waals surface area contributed by atoms with Crippen LogP contribution in [0.25, 0.3) is 22.5 Å². The molecular formula is C19H24N4O2. The molecule has 0 saturated carbocycles. The Kier molecular flexibility index (Phi) is 5.16. The fourth-order valence-corrected chi connectivity index (χ4v) is 3.04. The van der Waals surface area contributed by atoms with Crippen LogP contribution in [0.4, 0.5) is 0 Å². The third-order valence-corrected chi connectivity index (χ3v) is 4.37. The van der Waals surface area contributed by atoms with Gasteiger partial charge >= 0.3 is 0 Å². The van der Waals surface area contributed by atoms with Crippen molar-refractivity contribution in [2.24, 2.45) is 0 Å². The number of para-hydroxylation sites is 1. The zero-order chi connectivity index (χ0) is 17.8. The Morgan fingerprint density at radius 3 is 2.64 bits per heavy atom. The van der Waals surface area contributed by atoms with Crippen molar-refractivity contribution in [1.82, 2.24) is 19.7 Å². The molecule has 6 heteroatoms. The Morgan fingerprint density at radius 1 is 1.16 bits per heavy atom. The van der Waals surface area contributed by atoms with Crippen molar-refractivity contribution in [3.8, 4) is 11.6 Å². The van der Waals surface area contributed by atoms with Crippen LogP contribution in [-0.4, -0.2) is 38.7 Å². The molecule has 0 spiro atoms. The normalized spacial score (nSPS) is 11.2. The Hall–Kier alpha value is -2.63. The molecule has 0 aliphatic carbocycles. The Morgan fingerprint density at radius 2 is 1.92 bits per heavy atom. The lowest BCUT2D eigenvalue weighted by atomic mass is 10.2. The third kappa shape index (κ3) is 3.43. The van der Waals surface area contributed by atoms with Crippen LogP contribution in [0, 0.1) is 0 Å². The zero-order valence-corrected chi connectivity index (χ0v) is 15.0. The topological polar surface area (TPSA) is 64.2 Å². The summed E-state index contributed by atoms with van der Waals surface area (Å²) in [6.45, 7) is 7.71. The number of hydrogen-bond acceptors (Lipinski definition) is 4. The summed E-state index contributed by atoms with van der Waals surface area (Å²) < 4.78 is 7.78. The fourth-order valence-electron chi connectivity index (χ4n) is 3.04. The van der Waals surface area contributed by atoms with Crippen molar-refractivity contribution < 1.29 is 9.21 Å². The number of benzene rings is 1. The summed E-state index contributed by atoms with van der Waals surface area (Å²) in [4.78, 5) is 14.5. The Bertz CT molecular complexity index is 861. The van der Waals surface area contributed by atoms with Crippen molar-refractivity contribution >= 4 is 16.8 Å². The molecule has 25 heavy (non-hydrogen) atoms. The minimum atomic E-state index is 0.0842. The van der Waals surface area contributed by atoms with E-state index in [1.165, 1.54) is 0 Å². The molecule has 1 amide bonds. The highest BCUT2D eigenvalue weighted by Gasteiger charge is 2.19. The molecule has 2 heterocycles. The lowest BCUT2D eigenvalue weighted by molar-refractivity contribution is -0.131. The van der Waals surface area contributed by atoms with Crippen molar-refractivity contribution in [3.63, 3.8) is 0 Å². The van der Waals surface area contributed by atoms with Gasteiger partial charge in [0.05, 0.1) is 0 Å². The molecular weight excluding hydrogens is 316 g/mol. The number of carbonyl (C=O) groups is 1. The van der Waals surface area contributed by atoms with Gasteiger partial charge in [-0.15, -0.1) is 10.2 Å². The quantitative estimate of drug-likeness (QED) is 0.660. The van der Waals surface area contributed by atoms with E-state index in [9.17, 15) is 4.79 Å². The number of nitrogens with zero attached hydrogens (tertiary/aromatic N) is 4. The zero-order valence-electron chi connectivity index (χ0n) is 15.0. The molecule has 3 aromatic rings. The number of likely N-dealkylation sites (N-methyl/N-ethyl adjacent to an activating group) is 1. The summed E-state index contributed by atoms with van der Waals surface area (Å²) >= 11 is 0. The van der Waals surface area contributed by atoms with Crippen molar-refractivity contribution in [2.45, 2.75) is 40.2 Å². The number of amides is 1. The van der Waals surface area contributed by atoms with E-state index in [-0.39, 0.29) is 12.5 Å². The van der Waals surface area contributed by atoms with Crippen molar-refractivity contribution in [1.29, 1.82) is 0 Å². The lowest BCUT2D eigenvalue weighted by Gasteiger charge is -2.19. The molecule has 0 unspecified atom stereocenters. The van der Waals surface area contributed by atoms with E-state index < -0.39 is 0 Å². The minimum Gasteiger partial charge on any atom is -0.419 e. The molecule has 0 radical (unpaired) electrons. The first-order valence-corrected chi connectivity index (χ1v) is 8.86. The molecule has 132 valence electrons. The van der Waals surface area contributed by atoms with Crippen LogP contribution >= 0.6 is 0 Å². The highest BCUT2D eigenvalue weighted by molar-refractivity contribution is 5.88. The van der Waals surface area contributed by atoms with Gasteiger partial charge in [-0.2, -0.15) is 0 Å². The minimum absolute atomic E-state index is 0.0842. The first-order valence-electron chi connectivity index (χ1n) is 8.86. The summed E-state index contributed by atoms with van der Waals surface area (Å²) in [6, 6.07) is 10.0. The van der Waals surface area contributed by atoms with Crippen molar-refractivity contribution in [3.05, 3.63) is 36.2 Å². The Labute approximate surface area is 147 Å². The van der Waals surface area contributed by atoms with E-state index in [0.29, 0.717) is 24.9 Å². The van der Waals surface area contributed by atoms with Gasteiger partial charge in [0, 0.05) is 30.4 Å². The molecule has 0 atom stereocenters. The third-order valence-electron chi connectivity index (χ3n) is 4.37. The van der Waals surface area contributed by atoms with Crippen LogP contribution < -0.4 is 0 Å². The van der Waals surface area contributed by atoms with Gasteiger partial charge in [-0.25, -0.2) is 0 Å². The summed E-state index contributed by atoms with van der Waals surface area (Å²) in [7, 11) is 0. The average molecular weight is 340 g/mol. The van der Waals surface area contributed by atoms with Crippen LogP contribution in [0.2, 0.25) is 0 Å². The van der Waals surface area contributed by atoms with E-state index in [2.05, 4.69) is 17.1 Å². The SMILES string of the molecule is CCCc1nnc(-c2cc3ccccc3n2CC(=O)N(CC)CC)o1. The number of hydrogen-bond donors (Lipinski definition) is 0. The van der Waals surface area contributed by atoms with Gasteiger partial charge in [-0.1, -0.05) is 25.1 Å². The summed E-state index contributed by atoms with van der Waals surface area (Å²) in [6.07, 6.45) is 1.71. The molecule has 0 aliphatic heterocycles. The molecule has 6 nitrogen and oxygen atoms in total. The van der Waals surface area contributed by atoms with Crippen LogP contribution in [0.3, 0.4) is 0 Å². The van der Waals surface area contributed by atoms with E-state index >= 15 is 0 Å². The highest BCUT2D eigenvalue weighted by atomic mass is 16.4. The predicted molar refractivity (Wildman–Crippen MR) is 97.2 cm³/mol. The van der Waals surface area contributed by atoms with Crippen molar-refractivity contribution in [2.75, 3.05) is 13.1 Å². The second kappa shape index (κ2) is 7.51. The number of aromatic nitrogens is 3. The first kappa shape index (κ1) is 17.2. The van der Waals surface area contributed by atoms with Crippen LogP contribution in [-0.2, 0) is 17.8 Å². The van der Waals surface area contributed by atoms with Gasteiger partial charge in [-0.3, -0.25) is 4.79 Å². The number of fused-ring (bicyclic) bond motifs is 1. The van der Waals surface area contributed by atoms with E-state index in [1.54, 1.807) is 0 Å².